The van der Waals surface area contributed by atoms with Gasteiger partial charge < -0.3 is 19.7 Å². The Morgan fingerprint density at radius 1 is 1.15 bits per heavy atom. The first-order chi connectivity index (χ1) is 13.1. The molecule has 0 bridgehead atoms. The molecule has 1 aromatic carbocycles. The van der Waals surface area contributed by atoms with E-state index >= 15 is 0 Å². The van der Waals surface area contributed by atoms with E-state index in [1.807, 2.05) is 31.2 Å². The van der Waals surface area contributed by atoms with Gasteiger partial charge in [0.15, 0.2) is 0 Å². The molecule has 1 N–H and O–H groups in total. The molecule has 0 unspecified atom stereocenters. The number of likely N-dealkylation sites (tertiary alicyclic amines) is 1. The van der Waals surface area contributed by atoms with E-state index in [2.05, 4.69) is 17.1 Å². The van der Waals surface area contributed by atoms with Gasteiger partial charge in [-0.15, -0.1) is 0 Å². The lowest BCUT2D eigenvalue weighted by Gasteiger charge is -2.26. The second-order valence-corrected chi connectivity index (χ2v) is 7.62. The van der Waals surface area contributed by atoms with Crippen LogP contribution in [0.15, 0.2) is 24.3 Å². The summed E-state index contributed by atoms with van der Waals surface area (Å²) in [5.74, 6) is 0.737. The largest absolute Gasteiger partial charge is 0.494 e. The van der Waals surface area contributed by atoms with Crippen LogP contribution in [-0.4, -0.2) is 49.8 Å². The second-order valence-electron chi connectivity index (χ2n) is 7.62. The molecule has 1 amide bonds. The number of hydrogen-bond acceptors (Lipinski definition) is 4. The van der Waals surface area contributed by atoms with Gasteiger partial charge >= 0.3 is 0 Å². The molecule has 1 aliphatic heterocycles. The van der Waals surface area contributed by atoms with E-state index in [0.717, 1.165) is 43.9 Å². The first kappa shape index (κ1) is 21.7. The van der Waals surface area contributed by atoms with Crippen LogP contribution >= 0.6 is 0 Å². The van der Waals surface area contributed by atoms with Crippen LogP contribution in [0.1, 0.15) is 58.8 Å². The first-order valence-corrected chi connectivity index (χ1v) is 10.4. The van der Waals surface area contributed by atoms with Crippen LogP contribution in [0.3, 0.4) is 0 Å². The zero-order valence-electron chi connectivity index (χ0n) is 17.3. The summed E-state index contributed by atoms with van der Waals surface area (Å²) in [7, 11) is 1.59. The molecule has 5 nitrogen and oxygen atoms in total. The van der Waals surface area contributed by atoms with E-state index < -0.39 is 5.60 Å². The molecule has 2 rings (SSSR count). The molecule has 5 heteroatoms. The van der Waals surface area contributed by atoms with E-state index in [9.17, 15) is 4.79 Å². The maximum Gasteiger partial charge on any atom is 0.256 e. The van der Waals surface area contributed by atoms with Gasteiger partial charge in [-0.1, -0.05) is 26.2 Å². The molecule has 0 aromatic heterocycles. The van der Waals surface area contributed by atoms with Gasteiger partial charge in [0.2, 0.25) is 0 Å². The van der Waals surface area contributed by atoms with E-state index in [1.54, 1.807) is 7.11 Å². The molecule has 1 heterocycles. The van der Waals surface area contributed by atoms with Crippen LogP contribution in [0, 0.1) is 0 Å². The Morgan fingerprint density at radius 3 is 2.48 bits per heavy atom. The molecule has 1 atom stereocenters. The summed E-state index contributed by atoms with van der Waals surface area (Å²) in [5, 5.41) is 2.95. The molecular weight excluding hydrogens is 340 g/mol. The third-order valence-electron chi connectivity index (χ3n) is 5.39. The quantitative estimate of drug-likeness (QED) is 0.579. The zero-order chi connectivity index (χ0) is 19.5. The van der Waals surface area contributed by atoms with Crippen molar-refractivity contribution in [2.24, 2.45) is 0 Å². The molecule has 1 aliphatic rings. The number of carbonyl (C=O) groups is 1. The number of nitrogens with one attached hydrogen (secondary N) is 1. The summed E-state index contributed by atoms with van der Waals surface area (Å²) in [4.78, 5) is 15.1. The summed E-state index contributed by atoms with van der Waals surface area (Å²) in [6.45, 7) is 8.25. The number of ether oxygens (including phenoxy) is 2. The summed E-state index contributed by atoms with van der Waals surface area (Å²) in [5.41, 5.74) is -0.0277. The third-order valence-corrected chi connectivity index (χ3v) is 5.39. The number of piperidine rings is 1. The standard InChI is InChI=1S/C22H36N2O3/c1-4-5-14-22(2,26-3)21(25)23-19-10-12-20(13-11-19)27-18-9-17-24-15-7-6-8-16-24/h10-13H,4-9,14-18H2,1-3H3,(H,23,25)/t22-/m1/s1. The molecular formula is C22H36N2O3. The summed E-state index contributed by atoms with van der Waals surface area (Å²) in [6.07, 6.45) is 7.78. The molecule has 0 aliphatic carbocycles. The number of methoxy groups -OCH3 is 1. The van der Waals surface area contributed by atoms with Crippen molar-refractivity contribution in [3.05, 3.63) is 24.3 Å². The fourth-order valence-electron chi connectivity index (χ4n) is 3.38. The van der Waals surface area contributed by atoms with Crippen LogP contribution in [0.5, 0.6) is 5.75 Å². The summed E-state index contributed by atoms with van der Waals surface area (Å²) < 4.78 is 11.3. The Labute approximate surface area is 164 Å². The molecule has 152 valence electrons. The lowest BCUT2D eigenvalue weighted by Crippen LogP contribution is -2.41. The van der Waals surface area contributed by atoms with Crippen molar-refractivity contribution < 1.29 is 14.3 Å². The zero-order valence-corrected chi connectivity index (χ0v) is 17.3. The van der Waals surface area contributed by atoms with Crippen molar-refractivity contribution in [1.29, 1.82) is 0 Å². The predicted octanol–water partition coefficient (Wildman–Crippen LogP) is 4.48. The first-order valence-electron chi connectivity index (χ1n) is 10.4. The number of unbranched alkanes of at least 4 members (excludes halogenated alkanes) is 1. The number of anilines is 1. The fraction of sp³-hybridized carbons (Fsp3) is 0.682. The van der Waals surface area contributed by atoms with Gasteiger partial charge in [0.05, 0.1) is 6.61 Å². The van der Waals surface area contributed by atoms with Crippen molar-refractivity contribution >= 4 is 11.6 Å². The maximum absolute atomic E-state index is 12.5. The van der Waals surface area contributed by atoms with E-state index in [1.165, 1.54) is 32.4 Å². The highest BCUT2D eigenvalue weighted by Crippen LogP contribution is 2.22. The molecule has 1 fully saturated rings. The predicted molar refractivity (Wildman–Crippen MR) is 110 cm³/mol. The monoisotopic (exact) mass is 376 g/mol. The van der Waals surface area contributed by atoms with Gasteiger partial charge in [-0.3, -0.25) is 4.79 Å². The minimum atomic E-state index is -0.792. The SMILES string of the molecule is CCCC[C@@](C)(OC)C(=O)Nc1ccc(OCCCN2CCCCC2)cc1. The lowest BCUT2D eigenvalue weighted by atomic mass is 9.97. The van der Waals surface area contributed by atoms with Crippen molar-refractivity contribution in [2.45, 2.75) is 64.4 Å². The van der Waals surface area contributed by atoms with E-state index in [4.69, 9.17) is 9.47 Å². The van der Waals surface area contributed by atoms with Crippen molar-refractivity contribution in [3.63, 3.8) is 0 Å². The van der Waals surface area contributed by atoms with Crippen LogP contribution in [0.25, 0.3) is 0 Å². The smallest absolute Gasteiger partial charge is 0.256 e. The Balaban J connectivity index is 1.74. The third kappa shape index (κ3) is 7.15. The van der Waals surface area contributed by atoms with Crippen LogP contribution in [-0.2, 0) is 9.53 Å². The van der Waals surface area contributed by atoms with Gasteiger partial charge in [0.25, 0.3) is 5.91 Å². The lowest BCUT2D eigenvalue weighted by molar-refractivity contribution is -0.136. The number of carbonyl (C=O) groups excluding carboxylic acids is 1. The van der Waals surface area contributed by atoms with E-state index in [0.29, 0.717) is 6.42 Å². The molecule has 1 aromatic rings. The van der Waals surface area contributed by atoms with Crippen molar-refractivity contribution in [2.75, 3.05) is 38.7 Å². The average Bonchev–Trinajstić information content (AvgIpc) is 2.71. The van der Waals surface area contributed by atoms with Gasteiger partial charge in [-0.2, -0.15) is 0 Å². The molecule has 0 radical (unpaired) electrons. The van der Waals surface area contributed by atoms with Gasteiger partial charge in [0, 0.05) is 19.3 Å². The number of hydrogen-bond donors (Lipinski definition) is 1. The number of nitrogens with zero attached hydrogens (tertiary/aromatic N) is 1. The summed E-state index contributed by atoms with van der Waals surface area (Å²) >= 11 is 0. The maximum atomic E-state index is 12.5. The van der Waals surface area contributed by atoms with Gasteiger partial charge in [-0.05, 0) is 70.0 Å². The minimum absolute atomic E-state index is 0.103. The van der Waals surface area contributed by atoms with Gasteiger partial charge in [-0.25, -0.2) is 0 Å². The number of rotatable bonds is 11. The topological polar surface area (TPSA) is 50.8 Å². The Kier molecular flexibility index (Phi) is 9.08. The normalized spacial score (nSPS) is 17.3. The molecule has 0 saturated carbocycles. The molecule has 1 saturated heterocycles. The van der Waals surface area contributed by atoms with Crippen molar-refractivity contribution in [1.82, 2.24) is 4.90 Å². The highest BCUT2D eigenvalue weighted by molar-refractivity contribution is 5.97. The van der Waals surface area contributed by atoms with Crippen LogP contribution < -0.4 is 10.1 Å². The van der Waals surface area contributed by atoms with Crippen LogP contribution in [0.4, 0.5) is 5.69 Å². The van der Waals surface area contributed by atoms with Crippen LogP contribution in [0.2, 0.25) is 0 Å². The minimum Gasteiger partial charge on any atom is -0.494 e. The number of benzene rings is 1. The summed E-state index contributed by atoms with van der Waals surface area (Å²) in [6, 6.07) is 7.58. The van der Waals surface area contributed by atoms with Crippen molar-refractivity contribution in [3.8, 4) is 5.75 Å². The highest BCUT2D eigenvalue weighted by atomic mass is 16.5. The average molecular weight is 377 g/mol. The highest BCUT2D eigenvalue weighted by Gasteiger charge is 2.32. The van der Waals surface area contributed by atoms with Gasteiger partial charge in [0.1, 0.15) is 11.4 Å². The van der Waals surface area contributed by atoms with E-state index in [-0.39, 0.29) is 5.91 Å². The fourth-order valence-corrected chi connectivity index (χ4v) is 3.38. The Bertz CT molecular complexity index is 555. The molecule has 27 heavy (non-hydrogen) atoms. The Hall–Kier alpha value is -1.59. The second kappa shape index (κ2) is 11.3. The molecule has 0 spiro atoms. The number of amides is 1. The Morgan fingerprint density at radius 2 is 1.85 bits per heavy atom.